The lowest BCUT2D eigenvalue weighted by Gasteiger charge is -2.41. The van der Waals surface area contributed by atoms with Gasteiger partial charge in [-0.25, -0.2) is 0 Å². The van der Waals surface area contributed by atoms with Crippen LogP contribution < -0.4 is 15.5 Å². The van der Waals surface area contributed by atoms with Gasteiger partial charge in [-0.1, -0.05) is 35.9 Å². The van der Waals surface area contributed by atoms with Gasteiger partial charge in [-0.2, -0.15) is 0 Å². The first-order valence-corrected chi connectivity index (χ1v) is 14.0. The highest BCUT2D eigenvalue weighted by atomic mass is 35.5. The molecule has 2 aliphatic rings. The Hall–Kier alpha value is -3.42. The van der Waals surface area contributed by atoms with E-state index in [1.807, 2.05) is 49.4 Å². The Kier molecular flexibility index (Phi) is 7.40. The molecule has 2 aliphatic heterocycles. The van der Waals surface area contributed by atoms with Gasteiger partial charge in [0.15, 0.2) is 5.11 Å². The maximum atomic E-state index is 12.9. The summed E-state index contributed by atoms with van der Waals surface area (Å²) >= 11 is 12.9. The molecule has 0 unspecified atom stereocenters. The van der Waals surface area contributed by atoms with E-state index in [4.69, 9.17) is 23.8 Å². The van der Waals surface area contributed by atoms with Crippen molar-refractivity contribution in [2.75, 3.05) is 23.8 Å². The summed E-state index contributed by atoms with van der Waals surface area (Å²) < 4.78 is 0. The summed E-state index contributed by atoms with van der Waals surface area (Å²) in [6, 6.07) is 17.5. The number of allylic oxidation sites excluding steroid dienone is 1. The molecule has 1 saturated heterocycles. The average Bonchev–Trinajstić information content (AvgIpc) is 3.22. The Labute approximate surface area is 241 Å². The predicted octanol–water partition coefficient (Wildman–Crippen LogP) is 6.68. The van der Waals surface area contributed by atoms with Crippen molar-refractivity contribution in [3.05, 3.63) is 94.3 Å². The Morgan fingerprint density at radius 2 is 1.95 bits per heavy atom. The number of fused-ring (bicyclic) bond motifs is 1. The highest BCUT2D eigenvalue weighted by molar-refractivity contribution is 7.80. The maximum Gasteiger partial charge on any atom is 0.226 e. The molecule has 2 atom stereocenters. The van der Waals surface area contributed by atoms with Crippen molar-refractivity contribution in [2.24, 2.45) is 0 Å². The Morgan fingerprint density at radius 3 is 2.67 bits per heavy atom. The van der Waals surface area contributed by atoms with Crippen molar-refractivity contribution in [1.82, 2.24) is 15.2 Å². The first-order chi connectivity index (χ1) is 18.5. The van der Waals surface area contributed by atoms with E-state index in [1.165, 1.54) is 5.57 Å². The SMILES string of the molecule is CC1=CC(C)(C)N(C)c2cc(Cl)c([C@@H]3[C@H](c4ccccn4)NC(=S)N3CCC(=O)Nc3cccc(C)c3)cc21. The number of amides is 1. The zero-order valence-corrected chi connectivity index (χ0v) is 24.5. The number of benzene rings is 2. The van der Waals surface area contributed by atoms with Crippen molar-refractivity contribution in [1.29, 1.82) is 0 Å². The lowest BCUT2D eigenvalue weighted by Crippen LogP contribution is -2.42. The fourth-order valence-corrected chi connectivity index (χ4v) is 6.17. The summed E-state index contributed by atoms with van der Waals surface area (Å²) in [5.74, 6) is -0.0670. The summed E-state index contributed by atoms with van der Waals surface area (Å²) in [6.07, 6.45) is 4.35. The second-order valence-electron chi connectivity index (χ2n) is 10.9. The van der Waals surface area contributed by atoms with Crippen LogP contribution in [-0.2, 0) is 4.79 Å². The van der Waals surface area contributed by atoms with Crippen LogP contribution in [0, 0.1) is 6.92 Å². The van der Waals surface area contributed by atoms with Gasteiger partial charge >= 0.3 is 0 Å². The van der Waals surface area contributed by atoms with Gasteiger partial charge in [0, 0.05) is 48.2 Å². The van der Waals surface area contributed by atoms with Crippen LogP contribution in [0.4, 0.5) is 11.4 Å². The number of nitrogens with one attached hydrogen (secondary N) is 2. The van der Waals surface area contributed by atoms with Gasteiger partial charge in [-0.15, -0.1) is 0 Å². The number of carbonyl (C=O) groups excluding carboxylic acids is 1. The minimum Gasteiger partial charge on any atom is -0.365 e. The number of nitrogens with zero attached hydrogens (tertiary/aromatic N) is 3. The molecule has 2 aromatic carbocycles. The number of thiocarbonyl (C=S) groups is 1. The number of hydrogen-bond donors (Lipinski definition) is 2. The van der Waals surface area contributed by atoms with Crippen molar-refractivity contribution < 1.29 is 4.79 Å². The van der Waals surface area contributed by atoms with E-state index in [-0.39, 0.29) is 30.0 Å². The Balaban J connectivity index is 1.49. The standard InChI is InChI=1S/C31H34ClN5OS/c1-19-9-8-10-21(15-19)34-27(38)12-14-37-29(28(35-30(37)39)25-11-6-7-13-33-25)23-16-22-20(2)18-31(3,4)36(5)26(22)17-24(23)32/h6-11,13,15-18,28-29H,12,14H2,1-5H3,(H,34,38)(H,35,39)/t28-,29+/m0/s1. The van der Waals surface area contributed by atoms with E-state index in [9.17, 15) is 4.79 Å². The number of likely N-dealkylation sites (N-methyl/N-ethyl adjacent to an activating group) is 1. The number of pyridine rings is 1. The van der Waals surface area contributed by atoms with E-state index in [0.29, 0.717) is 16.7 Å². The highest BCUT2D eigenvalue weighted by Gasteiger charge is 2.41. The summed E-state index contributed by atoms with van der Waals surface area (Å²) in [6.45, 7) is 8.98. The van der Waals surface area contributed by atoms with Gasteiger partial charge in [-0.05, 0) is 93.0 Å². The molecule has 1 fully saturated rings. The number of halogens is 1. The number of rotatable bonds is 6. The zero-order valence-electron chi connectivity index (χ0n) is 23.0. The van der Waals surface area contributed by atoms with E-state index >= 15 is 0 Å². The minimum atomic E-state index is -0.231. The lowest BCUT2D eigenvalue weighted by molar-refractivity contribution is -0.116. The molecule has 39 heavy (non-hydrogen) atoms. The second-order valence-corrected chi connectivity index (χ2v) is 11.7. The number of aryl methyl sites for hydroxylation is 1. The summed E-state index contributed by atoms with van der Waals surface area (Å²) in [5.41, 5.74) is 7.04. The number of hydrogen-bond acceptors (Lipinski definition) is 4. The predicted molar refractivity (Wildman–Crippen MR) is 164 cm³/mol. The molecule has 3 heterocycles. The third-order valence-electron chi connectivity index (χ3n) is 7.73. The Morgan fingerprint density at radius 1 is 1.15 bits per heavy atom. The van der Waals surface area contributed by atoms with E-state index in [2.05, 4.69) is 71.4 Å². The fourth-order valence-electron chi connectivity index (χ4n) is 5.57. The van der Waals surface area contributed by atoms with Gasteiger partial charge in [-0.3, -0.25) is 9.78 Å². The summed E-state index contributed by atoms with van der Waals surface area (Å²) in [4.78, 5) is 21.9. The molecule has 0 saturated carbocycles. The monoisotopic (exact) mass is 559 g/mol. The third kappa shape index (κ3) is 5.38. The van der Waals surface area contributed by atoms with Crippen molar-refractivity contribution in [3.8, 4) is 0 Å². The molecule has 0 spiro atoms. The van der Waals surface area contributed by atoms with Crippen LogP contribution in [0.3, 0.4) is 0 Å². The molecule has 6 nitrogen and oxygen atoms in total. The van der Waals surface area contributed by atoms with E-state index in [1.54, 1.807) is 6.20 Å². The minimum absolute atomic E-state index is 0.0670. The van der Waals surface area contributed by atoms with E-state index in [0.717, 1.165) is 33.8 Å². The highest BCUT2D eigenvalue weighted by Crippen LogP contribution is 2.46. The van der Waals surface area contributed by atoms with Gasteiger partial charge in [0.1, 0.15) is 0 Å². The fraction of sp³-hybridized carbons (Fsp3) is 0.323. The maximum absolute atomic E-state index is 12.9. The molecular weight excluding hydrogens is 526 g/mol. The molecular formula is C31H34ClN5OS. The molecule has 0 radical (unpaired) electrons. The van der Waals surface area contributed by atoms with Crippen LogP contribution in [-0.4, -0.2) is 40.0 Å². The number of aromatic nitrogens is 1. The van der Waals surface area contributed by atoms with Gasteiger partial charge in [0.05, 0.1) is 23.3 Å². The molecule has 1 aromatic heterocycles. The van der Waals surface area contributed by atoms with Crippen LogP contribution in [0.25, 0.3) is 5.57 Å². The normalized spacial score (nSPS) is 19.8. The van der Waals surface area contributed by atoms with Crippen molar-refractivity contribution in [2.45, 2.75) is 51.7 Å². The summed E-state index contributed by atoms with van der Waals surface area (Å²) in [7, 11) is 2.10. The first kappa shape index (κ1) is 27.2. The first-order valence-electron chi connectivity index (χ1n) is 13.2. The van der Waals surface area contributed by atoms with Gasteiger partial charge in [0.2, 0.25) is 5.91 Å². The molecule has 5 rings (SSSR count). The van der Waals surface area contributed by atoms with E-state index < -0.39 is 0 Å². The smallest absolute Gasteiger partial charge is 0.226 e. The van der Waals surface area contributed by atoms with Crippen LogP contribution in [0.15, 0.2) is 66.9 Å². The molecule has 2 N–H and O–H groups in total. The molecule has 0 bridgehead atoms. The number of anilines is 2. The van der Waals surface area contributed by atoms with Gasteiger partial charge < -0.3 is 20.4 Å². The van der Waals surface area contributed by atoms with Crippen LogP contribution in [0.5, 0.6) is 0 Å². The molecule has 0 aliphatic carbocycles. The van der Waals surface area contributed by atoms with Crippen molar-refractivity contribution in [3.63, 3.8) is 0 Å². The molecule has 1 amide bonds. The summed E-state index contributed by atoms with van der Waals surface area (Å²) in [5, 5.41) is 7.72. The molecule has 3 aromatic rings. The van der Waals surface area contributed by atoms with Crippen molar-refractivity contribution >= 4 is 51.8 Å². The quantitative estimate of drug-likeness (QED) is 0.329. The second kappa shape index (κ2) is 10.6. The largest absolute Gasteiger partial charge is 0.365 e. The average molecular weight is 560 g/mol. The zero-order chi connectivity index (χ0) is 27.9. The van der Waals surface area contributed by atoms with Gasteiger partial charge in [0.25, 0.3) is 0 Å². The number of carbonyl (C=O) groups is 1. The Bertz CT molecular complexity index is 1450. The lowest BCUT2D eigenvalue weighted by atomic mass is 9.86. The molecule has 8 heteroatoms. The van der Waals surface area contributed by atoms with Crippen LogP contribution in [0.1, 0.15) is 61.7 Å². The topological polar surface area (TPSA) is 60.5 Å². The van der Waals surface area contributed by atoms with Crippen LogP contribution >= 0.6 is 23.8 Å². The molecule has 202 valence electrons. The third-order valence-corrected chi connectivity index (χ3v) is 8.41. The van der Waals surface area contributed by atoms with Crippen LogP contribution in [0.2, 0.25) is 5.02 Å².